The van der Waals surface area contributed by atoms with Crippen molar-refractivity contribution in [2.24, 2.45) is 5.73 Å². The van der Waals surface area contributed by atoms with Crippen LogP contribution in [-0.4, -0.2) is 42.4 Å². The molecule has 1 unspecified atom stereocenters. The van der Waals surface area contributed by atoms with Crippen molar-refractivity contribution in [2.75, 3.05) is 19.6 Å². The Morgan fingerprint density at radius 3 is 2.78 bits per heavy atom. The Balaban J connectivity index is 2.44. The van der Waals surface area contributed by atoms with Crippen LogP contribution in [0.3, 0.4) is 0 Å². The van der Waals surface area contributed by atoms with E-state index in [1.54, 1.807) is 4.90 Å². The summed E-state index contributed by atoms with van der Waals surface area (Å²) in [6.45, 7) is 3.86. The van der Waals surface area contributed by atoms with Gasteiger partial charge in [0.05, 0.1) is 0 Å². The standard InChI is InChI=1S/C13H25N3O2/c1-2-12(17)16-10-6-3-7-11(16)13(18)15-9-5-4-8-14/h11H,2-10,14H2,1H3,(H,15,18). The highest BCUT2D eigenvalue weighted by Crippen LogP contribution is 2.18. The Bertz CT molecular complexity index is 281. The first kappa shape index (κ1) is 15.0. The zero-order valence-corrected chi connectivity index (χ0v) is 11.3. The van der Waals surface area contributed by atoms with E-state index in [1.807, 2.05) is 6.92 Å². The second-order valence-electron chi connectivity index (χ2n) is 4.74. The molecule has 1 atom stereocenters. The van der Waals surface area contributed by atoms with E-state index in [0.29, 0.717) is 26.1 Å². The molecule has 1 saturated heterocycles. The van der Waals surface area contributed by atoms with Crippen LogP contribution in [0.1, 0.15) is 45.4 Å². The maximum atomic E-state index is 12.1. The van der Waals surface area contributed by atoms with E-state index in [0.717, 1.165) is 32.1 Å². The number of piperidine rings is 1. The highest BCUT2D eigenvalue weighted by Gasteiger charge is 2.30. The second kappa shape index (κ2) is 8.08. The summed E-state index contributed by atoms with van der Waals surface area (Å²) >= 11 is 0. The van der Waals surface area contributed by atoms with Gasteiger partial charge in [-0.2, -0.15) is 0 Å². The lowest BCUT2D eigenvalue weighted by atomic mass is 10.0. The predicted molar refractivity (Wildman–Crippen MR) is 70.9 cm³/mol. The predicted octanol–water partition coefficient (Wildman–Crippen LogP) is 0.633. The summed E-state index contributed by atoms with van der Waals surface area (Å²) < 4.78 is 0. The molecule has 104 valence electrons. The Kier molecular flexibility index (Phi) is 6.72. The van der Waals surface area contributed by atoms with Gasteiger partial charge in [0.2, 0.25) is 11.8 Å². The van der Waals surface area contributed by atoms with Crippen molar-refractivity contribution in [3.05, 3.63) is 0 Å². The van der Waals surface area contributed by atoms with Gasteiger partial charge in [-0.1, -0.05) is 6.92 Å². The van der Waals surface area contributed by atoms with Crippen molar-refractivity contribution in [1.29, 1.82) is 0 Å². The van der Waals surface area contributed by atoms with E-state index in [1.165, 1.54) is 0 Å². The van der Waals surface area contributed by atoms with Crippen LogP contribution in [0.5, 0.6) is 0 Å². The van der Waals surface area contributed by atoms with E-state index in [4.69, 9.17) is 5.73 Å². The lowest BCUT2D eigenvalue weighted by molar-refractivity contribution is -0.142. The number of amides is 2. The number of likely N-dealkylation sites (tertiary alicyclic amines) is 1. The van der Waals surface area contributed by atoms with Gasteiger partial charge in [-0.3, -0.25) is 9.59 Å². The summed E-state index contributed by atoms with van der Waals surface area (Å²) in [6, 6.07) is -0.260. The summed E-state index contributed by atoms with van der Waals surface area (Å²) in [5, 5.41) is 2.91. The van der Waals surface area contributed by atoms with Crippen LogP contribution >= 0.6 is 0 Å². The van der Waals surface area contributed by atoms with Gasteiger partial charge in [0, 0.05) is 19.5 Å². The number of carbonyl (C=O) groups excluding carboxylic acids is 2. The first-order chi connectivity index (χ1) is 8.70. The van der Waals surface area contributed by atoms with Crippen LogP contribution in [0, 0.1) is 0 Å². The minimum atomic E-state index is -0.260. The maximum Gasteiger partial charge on any atom is 0.242 e. The first-order valence-electron chi connectivity index (χ1n) is 6.98. The van der Waals surface area contributed by atoms with Crippen LogP contribution in [0.25, 0.3) is 0 Å². The molecule has 1 rings (SSSR count). The molecule has 1 fully saturated rings. The van der Waals surface area contributed by atoms with Crippen molar-refractivity contribution < 1.29 is 9.59 Å². The molecule has 0 aromatic rings. The quantitative estimate of drug-likeness (QED) is 0.684. The Labute approximate surface area is 109 Å². The molecule has 0 aliphatic carbocycles. The molecular weight excluding hydrogens is 230 g/mol. The normalized spacial score (nSPS) is 19.7. The molecule has 5 heteroatoms. The van der Waals surface area contributed by atoms with Crippen molar-refractivity contribution in [2.45, 2.75) is 51.5 Å². The monoisotopic (exact) mass is 255 g/mol. The minimum absolute atomic E-state index is 0.00600. The lowest BCUT2D eigenvalue weighted by Gasteiger charge is -2.34. The highest BCUT2D eigenvalue weighted by molar-refractivity contribution is 5.87. The smallest absolute Gasteiger partial charge is 0.242 e. The van der Waals surface area contributed by atoms with Gasteiger partial charge in [-0.15, -0.1) is 0 Å². The number of unbranched alkanes of at least 4 members (excludes halogenated alkanes) is 1. The van der Waals surface area contributed by atoms with Gasteiger partial charge in [-0.05, 0) is 38.6 Å². The van der Waals surface area contributed by atoms with Crippen molar-refractivity contribution >= 4 is 11.8 Å². The summed E-state index contributed by atoms with van der Waals surface area (Å²) in [4.78, 5) is 25.6. The molecule has 0 spiro atoms. The van der Waals surface area contributed by atoms with Crippen LogP contribution < -0.4 is 11.1 Å². The zero-order valence-electron chi connectivity index (χ0n) is 11.3. The van der Waals surface area contributed by atoms with Gasteiger partial charge >= 0.3 is 0 Å². The Morgan fingerprint density at radius 2 is 2.11 bits per heavy atom. The first-order valence-corrected chi connectivity index (χ1v) is 6.98. The van der Waals surface area contributed by atoms with Crippen LogP contribution in [-0.2, 0) is 9.59 Å². The molecule has 18 heavy (non-hydrogen) atoms. The highest BCUT2D eigenvalue weighted by atomic mass is 16.2. The number of nitrogens with zero attached hydrogens (tertiary/aromatic N) is 1. The average molecular weight is 255 g/mol. The molecular formula is C13H25N3O2. The van der Waals surface area contributed by atoms with Gasteiger partial charge in [0.15, 0.2) is 0 Å². The third-order valence-corrected chi connectivity index (χ3v) is 3.36. The number of hydrogen-bond donors (Lipinski definition) is 2. The number of hydrogen-bond acceptors (Lipinski definition) is 3. The number of rotatable bonds is 6. The minimum Gasteiger partial charge on any atom is -0.354 e. The molecule has 0 aromatic heterocycles. The molecule has 3 N–H and O–H groups in total. The zero-order chi connectivity index (χ0) is 13.4. The fourth-order valence-corrected chi connectivity index (χ4v) is 2.30. The van der Waals surface area contributed by atoms with Gasteiger partial charge in [0.1, 0.15) is 6.04 Å². The van der Waals surface area contributed by atoms with Gasteiger partial charge in [0.25, 0.3) is 0 Å². The molecule has 0 saturated carbocycles. The number of nitrogens with one attached hydrogen (secondary N) is 1. The van der Waals surface area contributed by atoms with Crippen LogP contribution in [0.15, 0.2) is 0 Å². The van der Waals surface area contributed by atoms with Crippen molar-refractivity contribution in [1.82, 2.24) is 10.2 Å². The summed E-state index contributed by atoms with van der Waals surface area (Å²) in [5.41, 5.74) is 5.40. The van der Waals surface area contributed by atoms with E-state index in [9.17, 15) is 9.59 Å². The SMILES string of the molecule is CCC(=O)N1CCCCC1C(=O)NCCCCN. The lowest BCUT2D eigenvalue weighted by Crippen LogP contribution is -2.51. The molecule has 1 heterocycles. The largest absolute Gasteiger partial charge is 0.354 e. The molecule has 0 bridgehead atoms. The number of nitrogens with two attached hydrogens (primary N) is 1. The summed E-state index contributed by atoms with van der Waals surface area (Å²) in [5.74, 6) is 0.0744. The fraction of sp³-hybridized carbons (Fsp3) is 0.846. The third kappa shape index (κ3) is 4.29. The van der Waals surface area contributed by atoms with E-state index >= 15 is 0 Å². The molecule has 2 amide bonds. The molecule has 0 radical (unpaired) electrons. The fourth-order valence-electron chi connectivity index (χ4n) is 2.30. The summed E-state index contributed by atoms with van der Waals surface area (Å²) in [7, 11) is 0. The average Bonchev–Trinajstić information content (AvgIpc) is 2.42. The number of carbonyl (C=O) groups is 2. The van der Waals surface area contributed by atoms with E-state index in [-0.39, 0.29) is 17.9 Å². The molecule has 5 nitrogen and oxygen atoms in total. The molecule has 1 aliphatic rings. The summed E-state index contributed by atoms with van der Waals surface area (Å²) in [6.07, 6.45) is 5.10. The Morgan fingerprint density at radius 1 is 1.33 bits per heavy atom. The van der Waals surface area contributed by atoms with Crippen molar-refractivity contribution in [3.63, 3.8) is 0 Å². The third-order valence-electron chi connectivity index (χ3n) is 3.36. The molecule has 1 aliphatic heterocycles. The van der Waals surface area contributed by atoms with Gasteiger partial charge in [-0.25, -0.2) is 0 Å². The maximum absolute atomic E-state index is 12.1. The second-order valence-corrected chi connectivity index (χ2v) is 4.74. The van der Waals surface area contributed by atoms with E-state index in [2.05, 4.69) is 5.32 Å². The van der Waals surface area contributed by atoms with Crippen molar-refractivity contribution in [3.8, 4) is 0 Å². The Hall–Kier alpha value is -1.10. The van der Waals surface area contributed by atoms with Crippen LogP contribution in [0.4, 0.5) is 0 Å². The molecule has 0 aromatic carbocycles. The topological polar surface area (TPSA) is 75.4 Å². The van der Waals surface area contributed by atoms with Crippen LogP contribution in [0.2, 0.25) is 0 Å². The van der Waals surface area contributed by atoms with Gasteiger partial charge < -0.3 is 16.0 Å². The van der Waals surface area contributed by atoms with E-state index < -0.39 is 0 Å².